The van der Waals surface area contributed by atoms with E-state index in [9.17, 15) is 48.3 Å². The summed E-state index contributed by atoms with van der Waals surface area (Å²) in [6.07, 6.45) is -20.1. The van der Waals surface area contributed by atoms with Gasteiger partial charge in [0.25, 0.3) is 0 Å². The molecule has 0 saturated heterocycles. The van der Waals surface area contributed by atoms with Crippen LogP contribution in [0.25, 0.3) is 0 Å². The minimum atomic E-state index is -7.03. The van der Waals surface area contributed by atoms with E-state index < -0.39 is 30.2 Å². The molecule has 12 heteroatoms. The Morgan fingerprint density at radius 1 is 0.611 bits per heavy atom. The Morgan fingerprint density at radius 2 is 0.944 bits per heavy atom. The van der Waals surface area contributed by atoms with Crippen molar-refractivity contribution in [3.8, 4) is 0 Å². The lowest BCUT2D eigenvalue weighted by Gasteiger charge is -2.33. The maximum atomic E-state index is 12.4. The second-order valence-corrected chi connectivity index (χ2v) is 2.92. The van der Waals surface area contributed by atoms with E-state index in [2.05, 4.69) is 0 Å². The SMILES string of the molecule is [CH2]C(F)(OC(F)(F)C(F)(F)C(F)(F)F)C(F)(F)F. The zero-order valence-electron chi connectivity index (χ0n) is 7.77. The second kappa shape index (κ2) is 4.10. The van der Waals surface area contributed by atoms with Crippen LogP contribution in [0, 0.1) is 6.92 Å². The van der Waals surface area contributed by atoms with Gasteiger partial charge in [0, 0.05) is 6.92 Å². The predicted molar refractivity (Wildman–Crippen MR) is 32.3 cm³/mol. The lowest BCUT2D eigenvalue weighted by Crippen LogP contribution is -2.58. The molecule has 0 aliphatic heterocycles. The van der Waals surface area contributed by atoms with Crippen LogP contribution >= 0.6 is 0 Å². The molecular formula is C6H2F11O. The summed E-state index contributed by atoms with van der Waals surface area (Å²) in [4.78, 5) is 0. The maximum Gasteiger partial charge on any atom is 0.462 e. The van der Waals surface area contributed by atoms with Crippen LogP contribution in [-0.4, -0.2) is 30.2 Å². The molecular weight excluding hydrogens is 297 g/mol. The van der Waals surface area contributed by atoms with Crippen molar-refractivity contribution in [2.75, 3.05) is 0 Å². The highest BCUT2D eigenvalue weighted by molar-refractivity contribution is 4.90. The summed E-state index contributed by atoms with van der Waals surface area (Å²) >= 11 is 0. The number of hydrogen-bond acceptors (Lipinski definition) is 1. The largest absolute Gasteiger partial charge is 0.462 e. The van der Waals surface area contributed by atoms with Crippen molar-refractivity contribution in [2.24, 2.45) is 0 Å². The van der Waals surface area contributed by atoms with Gasteiger partial charge in [-0.1, -0.05) is 0 Å². The molecule has 1 radical (unpaired) electrons. The Morgan fingerprint density at radius 3 is 1.17 bits per heavy atom. The van der Waals surface area contributed by atoms with E-state index in [0.717, 1.165) is 0 Å². The highest BCUT2D eigenvalue weighted by Gasteiger charge is 2.77. The lowest BCUT2D eigenvalue weighted by atomic mass is 10.3. The minimum Gasteiger partial charge on any atom is -0.269 e. The van der Waals surface area contributed by atoms with Gasteiger partial charge in [0.15, 0.2) is 0 Å². The van der Waals surface area contributed by atoms with E-state index in [1.807, 2.05) is 4.74 Å². The van der Waals surface area contributed by atoms with Gasteiger partial charge in [-0.3, -0.25) is 4.74 Å². The molecule has 0 N–H and O–H groups in total. The van der Waals surface area contributed by atoms with Crippen LogP contribution in [0.2, 0.25) is 0 Å². The van der Waals surface area contributed by atoms with Gasteiger partial charge in [-0.05, 0) is 0 Å². The number of halogens is 11. The number of alkyl halides is 11. The van der Waals surface area contributed by atoms with E-state index in [1.54, 1.807) is 0 Å². The van der Waals surface area contributed by atoms with Crippen LogP contribution in [-0.2, 0) is 4.74 Å². The van der Waals surface area contributed by atoms with Gasteiger partial charge in [-0.25, -0.2) is 4.39 Å². The van der Waals surface area contributed by atoms with E-state index in [0.29, 0.717) is 0 Å². The zero-order chi connectivity index (χ0) is 15.2. The fraction of sp³-hybridized carbons (Fsp3) is 0.833. The van der Waals surface area contributed by atoms with Gasteiger partial charge in [0.05, 0.1) is 0 Å². The topological polar surface area (TPSA) is 9.23 Å². The molecule has 0 saturated carbocycles. The Balaban J connectivity index is 5.33. The molecule has 0 aromatic carbocycles. The number of ether oxygens (including phenoxy) is 1. The Hall–Kier alpha value is -0.810. The van der Waals surface area contributed by atoms with Gasteiger partial charge in [0.1, 0.15) is 0 Å². The van der Waals surface area contributed by atoms with Crippen LogP contribution < -0.4 is 0 Å². The van der Waals surface area contributed by atoms with Crippen LogP contribution in [0.4, 0.5) is 48.3 Å². The molecule has 0 bridgehead atoms. The van der Waals surface area contributed by atoms with E-state index in [4.69, 9.17) is 0 Å². The standard InChI is InChI=1S/C6H2F11O/c1-2(7,4(10,11)12)18-6(16,17)3(8,9)5(13,14)15/h1H2. The van der Waals surface area contributed by atoms with Crippen LogP contribution in [0.1, 0.15) is 0 Å². The van der Waals surface area contributed by atoms with Crippen molar-refractivity contribution < 1.29 is 53.0 Å². The molecule has 1 nitrogen and oxygen atoms in total. The molecule has 0 spiro atoms. The highest BCUT2D eigenvalue weighted by atomic mass is 19.4. The number of rotatable bonds is 3. The fourth-order valence-electron chi connectivity index (χ4n) is 0.490. The Bertz CT molecular complexity index is 298. The molecule has 0 rings (SSSR count). The van der Waals surface area contributed by atoms with Crippen molar-refractivity contribution in [1.29, 1.82) is 0 Å². The maximum absolute atomic E-state index is 12.4. The average Bonchev–Trinajstić information content (AvgIpc) is 1.96. The van der Waals surface area contributed by atoms with E-state index in [-0.39, 0.29) is 0 Å². The van der Waals surface area contributed by atoms with Crippen molar-refractivity contribution in [3.05, 3.63) is 6.92 Å². The molecule has 0 aliphatic rings. The van der Waals surface area contributed by atoms with Crippen LogP contribution in [0.3, 0.4) is 0 Å². The quantitative estimate of drug-likeness (QED) is 0.719. The normalized spacial score (nSPS) is 18.7. The first-order chi connectivity index (χ1) is 7.46. The third kappa shape index (κ3) is 2.95. The lowest BCUT2D eigenvalue weighted by molar-refractivity contribution is -0.474. The fourth-order valence-corrected chi connectivity index (χ4v) is 0.490. The van der Waals surface area contributed by atoms with Crippen molar-refractivity contribution >= 4 is 0 Å². The molecule has 0 fully saturated rings. The summed E-state index contributed by atoms with van der Waals surface area (Å²) in [6.45, 7) is 1.33. The van der Waals surface area contributed by atoms with Gasteiger partial charge < -0.3 is 0 Å². The van der Waals surface area contributed by atoms with Crippen molar-refractivity contribution in [2.45, 2.75) is 30.2 Å². The highest BCUT2D eigenvalue weighted by Crippen LogP contribution is 2.50. The summed E-state index contributed by atoms with van der Waals surface area (Å²) < 4.78 is 132. The molecule has 0 aromatic heterocycles. The summed E-state index contributed by atoms with van der Waals surface area (Å²) in [5.74, 6) is -12.7. The zero-order valence-corrected chi connectivity index (χ0v) is 7.77. The third-order valence-corrected chi connectivity index (χ3v) is 1.43. The monoisotopic (exact) mass is 299 g/mol. The Labute approximate surface area is 91.5 Å². The summed E-state index contributed by atoms with van der Waals surface area (Å²) in [6, 6.07) is 0. The second-order valence-electron chi connectivity index (χ2n) is 2.92. The predicted octanol–water partition coefficient (Wildman–Crippen LogP) is 3.86. The van der Waals surface area contributed by atoms with E-state index >= 15 is 0 Å². The molecule has 0 amide bonds. The average molecular weight is 299 g/mol. The first-order valence-electron chi connectivity index (χ1n) is 3.59. The van der Waals surface area contributed by atoms with E-state index in [1.165, 1.54) is 6.92 Å². The molecule has 109 valence electrons. The van der Waals surface area contributed by atoms with Gasteiger partial charge in [-0.2, -0.15) is 43.9 Å². The van der Waals surface area contributed by atoms with Crippen molar-refractivity contribution in [1.82, 2.24) is 0 Å². The minimum absolute atomic E-state index is 1.33. The van der Waals surface area contributed by atoms with Gasteiger partial charge >= 0.3 is 30.2 Å². The molecule has 0 heterocycles. The molecule has 0 aromatic rings. The summed E-state index contributed by atoms with van der Waals surface area (Å²) in [7, 11) is 0. The first kappa shape index (κ1) is 17.2. The molecule has 0 aliphatic carbocycles. The van der Waals surface area contributed by atoms with Crippen LogP contribution in [0.15, 0.2) is 0 Å². The Kier molecular flexibility index (Phi) is 3.91. The summed E-state index contributed by atoms with van der Waals surface area (Å²) in [5, 5.41) is 0. The number of hydrogen-bond donors (Lipinski definition) is 0. The van der Waals surface area contributed by atoms with Crippen LogP contribution in [0.5, 0.6) is 0 Å². The van der Waals surface area contributed by atoms with Crippen molar-refractivity contribution in [3.63, 3.8) is 0 Å². The molecule has 1 atom stereocenters. The third-order valence-electron chi connectivity index (χ3n) is 1.43. The molecule has 1 unspecified atom stereocenters. The smallest absolute Gasteiger partial charge is 0.269 e. The first-order valence-corrected chi connectivity index (χ1v) is 3.59. The molecule has 18 heavy (non-hydrogen) atoms. The van der Waals surface area contributed by atoms with Gasteiger partial charge in [0.2, 0.25) is 0 Å². The van der Waals surface area contributed by atoms with Gasteiger partial charge in [-0.15, -0.1) is 0 Å². The summed E-state index contributed by atoms with van der Waals surface area (Å²) in [5.41, 5.74) is 0.